The molecule has 0 spiro atoms. The molecule has 0 aliphatic carbocycles. The molecule has 25 heavy (non-hydrogen) atoms. The molecule has 1 aliphatic heterocycles. The molecule has 0 aromatic heterocycles. The molecule has 2 aromatic rings. The van der Waals surface area contributed by atoms with Crippen molar-refractivity contribution < 1.29 is 9.47 Å². The van der Waals surface area contributed by atoms with Gasteiger partial charge in [0.25, 0.3) is 0 Å². The van der Waals surface area contributed by atoms with Gasteiger partial charge in [-0.1, -0.05) is 31.2 Å². The third-order valence-corrected chi connectivity index (χ3v) is 6.77. The van der Waals surface area contributed by atoms with Crippen LogP contribution in [0.15, 0.2) is 60.0 Å². The molecule has 1 aliphatic rings. The molecular formula is C22H26O2S. The molecule has 2 nitrogen and oxygen atoms in total. The van der Waals surface area contributed by atoms with E-state index in [1.807, 2.05) is 11.8 Å². The van der Waals surface area contributed by atoms with Gasteiger partial charge in [-0.2, -0.15) is 0 Å². The summed E-state index contributed by atoms with van der Waals surface area (Å²) >= 11 is 1.94. The molecule has 0 radical (unpaired) electrons. The molecule has 2 unspecified atom stereocenters. The first-order valence-corrected chi connectivity index (χ1v) is 9.73. The summed E-state index contributed by atoms with van der Waals surface area (Å²) in [6.45, 7) is 6.33. The van der Waals surface area contributed by atoms with Crippen LogP contribution in [0, 0.1) is 0 Å². The van der Waals surface area contributed by atoms with Crippen molar-refractivity contribution in [2.45, 2.75) is 36.0 Å². The van der Waals surface area contributed by atoms with E-state index in [4.69, 9.17) is 9.47 Å². The van der Waals surface area contributed by atoms with Crippen molar-refractivity contribution in [1.82, 2.24) is 0 Å². The highest BCUT2D eigenvalue weighted by molar-refractivity contribution is 7.99. The monoisotopic (exact) mass is 354 g/mol. The maximum Gasteiger partial charge on any atom is 0.119 e. The first kappa shape index (κ1) is 17.9. The fourth-order valence-electron chi connectivity index (χ4n) is 3.94. The molecule has 0 saturated heterocycles. The van der Waals surface area contributed by atoms with E-state index >= 15 is 0 Å². The topological polar surface area (TPSA) is 18.5 Å². The number of allylic oxidation sites excluding steroid dienone is 1. The van der Waals surface area contributed by atoms with Crippen molar-refractivity contribution in [3.63, 3.8) is 0 Å². The van der Waals surface area contributed by atoms with Gasteiger partial charge in [0.1, 0.15) is 11.5 Å². The van der Waals surface area contributed by atoms with Crippen molar-refractivity contribution in [2.24, 2.45) is 0 Å². The maximum atomic E-state index is 5.42. The molecule has 0 bridgehead atoms. The predicted octanol–water partition coefficient (Wildman–Crippen LogP) is 5.82. The van der Waals surface area contributed by atoms with E-state index < -0.39 is 0 Å². The fraction of sp³-hybridized carbons (Fsp3) is 0.364. The Morgan fingerprint density at radius 1 is 1.12 bits per heavy atom. The van der Waals surface area contributed by atoms with Crippen LogP contribution in [0.4, 0.5) is 0 Å². The Morgan fingerprint density at radius 3 is 2.40 bits per heavy atom. The molecule has 0 saturated carbocycles. The highest BCUT2D eigenvalue weighted by Gasteiger charge is 2.43. The van der Waals surface area contributed by atoms with Crippen LogP contribution in [0.25, 0.3) is 0 Å². The Bertz CT molecular complexity index is 738. The Balaban J connectivity index is 2.09. The first-order valence-electron chi connectivity index (χ1n) is 8.74. The summed E-state index contributed by atoms with van der Waals surface area (Å²) in [4.78, 5) is 1.34. The second-order valence-electron chi connectivity index (χ2n) is 6.51. The molecule has 2 atom stereocenters. The summed E-state index contributed by atoms with van der Waals surface area (Å²) < 4.78 is 10.8. The number of hydrogen-bond acceptors (Lipinski definition) is 3. The lowest BCUT2D eigenvalue weighted by atomic mass is 9.65. The number of ether oxygens (including phenoxy) is 2. The molecule has 1 heterocycles. The Morgan fingerprint density at radius 2 is 1.80 bits per heavy atom. The zero-order chi connectivity index (χ0) is 17.9. The number of hydrogen-bond donors (Lipinski definition) is 0. The summed E-state index contributed by atoms with van der Waals surface area (Å²) in [7, 11) is 3.44. The second kappa shape index (κ2) is 7.57. The summed E-state index contributed by atoms with van der Waals surface area (Å²) in [5.41, 5.74) is 2.90. The van der Waals surface area contributed by atoms with Crippen molar-refractivity contribution in [3.05, 3.63) is 66.2 Å². The Hall–Kier alpha value is -1.87. The van der Waals surface area contributed by atoms with Crippen molar-refractivity contribution >= 4 is 11.8 Å². The van der Waals surface area contributed by atoms with E-state index in [0.717, 1.165) is 30.1 Å². The van der Waals surface area contributed by atoms with Gasteiger partial charge in [-0.3, -0.25) is 0 Å². The highest BCUT2D eigenvalue weighted by Crippen LogP contribution is 2.54. The Labute approximate surface area is 155 Å². The number of thioether (sulfide) groups is 1. The molecule has 0 fully saturated rings. The van der Waals surface area contributed by atoms with E-state index in [-0.39, 0.29) is 5.41 Å². The largest absolute Gasteiger partial charge is 0.497 e. The normalized spacial score (nSPS) is 22.1. The van der Waals surface area contributed by atoms with Gasteiger partial charge < -0.3 is 9.47 Å². The van der Waals surface area contributed by atoms with Crippen LogP contribution in [0.2, 0.25) is 0 Å². The Kier molecular flexibility index (Phi) is 5.43. The number of fused-ring (bicyclic) bond motifs is 1. The van der Waals surface area contributed by atoms with E-state index in [2.05, 4.69) is 62.0 Å². The van der Waals surface area contributed by atoms with Gasteiger partial charge in [0.2, 0.25) is 0 Å². The quantitative estimate of drug-likeness (QED) is 0.609. The van der Waals surface area contributed by atoms with Crippen LogP contribution in [-0.2, 0) is 5.41 Å². The zero-order valence-electron chi connectivity index (χ0n) is 15.2. The third kappa shape index (κ3) is 3.18. The van der Waals surface area contributed by atoms with Gasteiger partial charge in [0.15, 0.2) is 0 Å². The summed E-state index contributed by atoms with van der Waals surface area (Å²) in [6.07, 6.45) is 4.12. The number of methoxy groups -OCH3 is 2. The van der Waals surface area contributed by atoms with Gasteiger partial charge in [0.05, 0.1) is 14.2 Å². The minimum absolute atomic E-state index is 0.104. The minimum Gasteiger partial charge on any atom is -0.497 e. The van der Waals surface area contributed by atoms with Gasteiger partial charge in [-0.25, -0.2) is 0 Å². The molecule has 3 heteroatoms. The minimum atomic E-state index is 0.104. The molecular weight excluding hydrogens is 328 g/mol. The molecule has 132 valence electrons. The lowest BCUT2D eigenvalue weighted by molar-refractivity contribution is 0.358. The van der Waals surface area contributed by atoms with Gasteiger partial charge >= 0.3 is 0 Å². The standard InChI is InChI=1S/C22H26O2S/c1-5-7-20-19-13-12-18(24-4)14-21(19)25-15-22(20,6-2)16-8-10-17(23-3)11-9-16/h5,8-14,20H,1,6-7,15H2,2-4H3. The SMILES string of the molecule is C=CCC1c2ccc(OC)cc2SCC1(CC)c1ccc(OC)cc1. The smallest absolute Gasteiger partial charge is 0.119 e. The van der Waals surface area contributed by atoms with Crippen molar-refractivity contribution in [1.29, 1.82) is 0 Å². The van der Waals surface area contributed by atoms with Crippen molar-refractivity contribution in [2.75, 3.05) is 20.0 Å². The summed E-state index contributed by atoms with van der Waals surface area (Å²) in [6, 6.07) is 15.1. The van der Waals surface area contributed by atoms with Gasteiger partial charge in [-0.05, 0) is 54.2 Å². The molecule has 0 N–H and O–H groups in total. The fourth-order valence-corrected chi connectivity index (χ4v) is 5.50. The van der Waals surface area contributed by atoms with E-state index in [1.165, 1.54) is 16.0 Å². The summed E-state index contributed by atoms with van der Waals surface area (Å²) in [5.74, 6) is 3.32. The number of rotatable bonds is 6. The van der Waals surface area contributed by atoms with Gasteiger partial charge in [-0.15, -0.1) is 18.3 Å². The second-order valence-corrected chi connectivity index (χ2v) is 7.52. The average Bonchev–Trinajstić information content (AvgIpc) is 2.68. The highest BCUT2D eigenvalue weighted by atomic mass is 32.2. The van der Waals surface area contributed by atoms with Crippen molar-refractivity contribution in [3.8, 4) is 11.5 Å². The van der Waals surface area contributed by atoms with E-state index in [1.54, 1.807) is 14.2 Å². The van der Waals surface area contributed by atoms with Crippen LogP contribution in [0.3, 0.4) is 0 Å². The van der Waals surface area contributed by atoms with E-state index in [0.29, 0.717) is 5.92 Å². The zero-order valence-corrected chi connectivity index (χ0v) is 16.1. The van der Waals surface area contributed by atoms with Crippen LogP contribution < -0.4 is 9.47 Å². The van der Waals surface area contributed by atoms with Crippen LogP contribution in [0.1, 0.15) is 36.8 Å². The number of benzene rings is 2. The maximum absolute atomic E-state index is 5.42. The predicted molar refractivity (Wildman–Crippen MR) is 106 cm³/mol. The lowest BCUT2D eigenvalue weighted by Gasteiger charge is -2.45. The lowest BCUT2D eigenvalue weighted by Crippen LogP contribution is -2.38. The summed E-state index contributed by atoms with van der Waals surface area (Å²) in [5, 5.41) is 0. The first-order chi connectivity index (χ1) is 12.2. The van der Waals surface area contributed by atoms with Crippen LogP contribution in [-0.4, -0.2) is 20.0 Å². The van der Waals surface area contributed by atoms with Crippen LogP contribution >= 0.6 is 11.8 Å². The van der Waals surface area contributed by atoms with E-state index in [9.17, 15) is 0 Å². The molecule has 2 aromatic carbocycles. The van der Waals surface area contributed by atoms with Crippen LogP contribution in [0.5, 0.6) is 11.5 Å². The van der Waals surface area contributed by atoms with Gasteiger partial charge in [0, 0.05) is 16.1 Å². The third-order valence-electron chi connectivity index (χ3n) is 5.45. The molecule has 3 rings (SSSR count). The molecule has 0 amide bonds. The average molecular weight is 355 g/mol.